The third-order valence-corrected chi connectivity index (χ3v) is 4.64. The fourth-order valence-corrected chi connectivity index (χ4v) is 3.20. The van der Waals surface area contributed by atoms with E-state index >= 15 is 0 Å². The first-order chi connectivity index (χ1) is 9.29. The molecule has 0 unspecified atom stereocenters. The maximum absolute atomic E-state index is 13.7. The van der Waals surface area contributed by atoms with Crippen molar-refractivity contribution < 1.29 is 12.8 Å². The molecule has 0 aromatic heterocycles. The van der Waals surface area contributed by atoms with Gasteiger partial charge in [-0.3, -0.25) is 4.72 Å². The molecule has 0 atom stereocenters. The number of hydrogen-bond acceptors (Lipinski definition) is 3. The summed E-state index contributed by atoms with van der Waals surface area (Å²) in [6.07, 6.45) is 0. The maximum Gasteiger partial charge on any atom is 0.264 e. The van der Waals surface area contributed by atoms with Crippen molar-refractivity contribution >= 4 is 48.9 Å². The summed E-state index contributed by atoms with van der Waals surface area (Å²) in [6, 6.07) is 7.99. The molecule has 0 saturated carbocycles. The lowest BCUT2D eigenvalue weighted by atomic mass is 10.3. The molecule has 2 aromatic carbocycles. The summed E-state index contributed by atoms with van der Waals surface area (Å²) in [5.41, 5.74) is 5.99. The predicted octanol–water partition coefficient (Wildman–Crippen LogP) is 3.62. The van der Waals surface area contributed by atoms with Gasteiger partial charge in [0.05, 0.1) is 10.7 Å². The van der Waals surface area contributed by atoms with Crippen LogP contribution in [0.15, 0.2) is 45.8 Å². The van der Waals surface area contributed by atoms with Crippen molar-refractivity contribution in [2.75, 3.05) is 10.5 Å². The van der Waals surface area contributed by atoms with Crippen LogP contribution < -0.4 is 10.5 Å². The van der Waals surface area contributed by atoms with Gasteiger partial charge < -0.3 is 5.73 Å². The Morgan fingerprint density at radius 1 is 1.20 bits per heavy atom. The topological polar surface area (TPSA) is 72.2 Å². The molecule has 0 bridgehead atoms. The molecule has 0 aliphatic heterocycles. The Bertz CT molecular complexity index is 768. The second kappa shape index (κ2) is 5.59. The van der Waals surface area contributed by atoms with Crippen LogP contribution in [0.4, 0.5) is 15.8 Å². The zero-order chi connectivity index (χ0) is 14.9. The summed E-state index contributed by atoms with van der Waals surface area (Å²) in [5.74, 6) is -0.869. The summed E-state index contributed by atoms with van der Waals surface area (Å²) in [4.78, 5) is -0.473. The molecule has 0 saturated heterocycles. The number of nitrogens with two attached hydrogens (primary N) is 1. The number of benzene rings is 2. The zero-order valence-electron chi connectivity index (χ0n) is 9.90. The van der Waals surface area contributed by atoms with Gasteiger partial charge in [0, 0.05) is 10.2 Å². The number of rotatable bonds is 3. The van der Waals surface area contributed by atoms with Crippen molar-refractivity contribution in [3.8, 4) is 0 Å². The van der Waals surface area contributed by atoms with Crippen molar-refractivity contribution in [1.29, 1.82) is 0 Å². The Hall–Kier alpha value is -1.31. The molecule has 0 amide bonds. The van der Waals surface area contributed by atoms with E-state index in [9.17, 15) is 12.8 Å². The lowest BCUT2D eigenvalue weighted by Gasteiger charge is -2.11. The van der Waals surface area contributed by atoms with Crippen LogP contribution in [-0.2, 0) is 10.0 Å². The van der Waals surface area contributed by atoms with Crippen LogP contribution in [-0.4, -0.2) is 8.42 Å². The molecule has 3 N–H and O–H groups in total. The van der Waals surface area contributed by atoms with Gasteiger partial charge in [-0.1, -0.05) is 27.5 Å². The van der Waals surface area contributed by atoms with E-state index in [-0.39, 0.29) is 10.7 Å². The SMILES string of the molecule is Nc1ccc(Cl)c(NS(=O)(=O)c2ccc(Br)cc2F)c1. The number of nitrogen functional groups attached to an aromatic ring is 1. The molecule has 20 heavy (non-hydrogen) atoms. The van der Waals surface area contributed by atoms with E-state index in [1.54, 1.807) is 0 Å². The summed E-state index contributed by atoms with van der Waals surface area (Å²) >= 11 is 8.93. The Kier molecular flexibility index (Phi) is 4.22. The van der Waals surface area contributed by atoms with Gasteiger partial charge in [0.25, 0.3) is 10.0 Å². The molecule has 4 nitrogen and oxygen atoms in total. The van der Waals surface area contributed by atoms with Gasteiger partial charge in [-0.15, -0.1) is 0 Å². The highest BCUT2D eigenvalue weighted by Gasteiger charge is 2.20. The largest absolute Gasteiger partial charge is 0.399 e. The fourth-order valence-electron chi connectivity index (χ4n) is 1.51. The van der Waals surface area contributed by atoms with Gasteiger partial charge in [-0.2, -0.15) is 0 Å². The number of halogens is 3. The van der Waals surface area contributed by atoms with E-state index in [1.807, 2.05) is 0 Å². The summed E-state index contributed by atoms with van der Waals surface area (Å²) in [6.45, 7) is 0. The zero-order valence-corrected chi connectivity index (χ0v) is 13.1. The summed E-state index contributed by atoms with van der Waals surface area (Å²) in [5, 5.41) is 0.167. The smallest absolute Gasteiger partial charge is 0.264 e. The first-order valence-electron chi connectivity index (χ1n) is 5.32. The van der Waals surface area contributed by atoms with Crippen LogP contribution in [0.5, 0.6) is 0 Å². The van der Waals surface area contributed by atoms with E-state index in [0.29, 0.717) is 10.2 Å². The molecule has 2 aromatic rings. The van der Waals surface area contributed by atoms with Crippen LogP contribution >= 0.6 is 27.5 Å². The van der Waals surface area contributed by atoms with Crippen molar-refractivity contribution in [3.05, 3.63) is 51.7 Å². The minimum atomic E-state index is -4.09. The summed E-state index contributed by atoms with van der Waals surface area (Å²) in [7, 11) is -4.09. The van der Waals surface area contributed by atoms with Crippen LogP contribution in [0.1, 0.15) is 0 Å². The first-order valence-corrected chi connectivity index (χ1v) is 7.98. The van der Waals surface area contributed by atoms with E-state index in [2.05, 4.69) is 20.7 Å². The van der Waals surface area contributed by atoms with E-state index in [1.165, 1.54) is 24.3 Å². The van der Waals surface area contributed by atoms with Crippen molar-refractivity contribution in [2.45, 2.75) is 4.90 Å². The lowest BCUT2D eigenvalue weighted by molar-refractivity contribution is 0.570. The summed E-state index contributed by atoms with van der Waals surface area (Å²) < 4.78 is 40.6. The van der Waals surface area contributed by atoms with Gasteiger partial charge in [-0.25, -0.2) is 12.8 Å². The Morgan fingerprint density at radius 2 is 1.90 bits per heavy atom. The average molecular weight is 380 g/mol. The van der Waals surface area contributed by atoms with E-state index < -0.39 is 20.7 Å². The Labute approximate surface area is 128 Å². The highest BCUT2D eigenvalue weighted by molar-refractivity contribution is 9.10. The molecule has 0 spiro atoms. The minimum Gasteiger partial charge on any atom is -0.399 e. The standard InChI is InChI=1S/C12H9BrClFN2O2S/c13-7-1-4-12(10(15)5-7)20(18,19)17-11-6-8(16)2-3-9(11)14/h1-6,17H,16H2. The number of hydrogen-bond donors (Lipinski definition) is 2. The van der Waals surface area contributed by atoms with Gasteiger partial charge in [-0.05, 0) is 36.4 Å². The third-order valence-electron chi connectivity index (χ3n) is 2.42. The van der Waals surface area contributed by atoms with E-state index in [0.717, 1.165) is 12.1 Å². The van der Waals surface area contributed by atoms with Crippen molar-refractivity contribution in [1.82, 2.24) is 0 Å². The maximum atomic E-state index is 13.7. The highest BCUT2D eigenvalue weighted by atomic mass is 79.9. The second-order valence-electron chi connectivity index (χ2n) is 3.92. The highest BCUT2D eigenvalue weighted by Crippen LogP contribution is 2.28. The van der Waals surface area contributed by atoms with Crippen molar-refractivity contribution in [2.24, 2.45) is 0 Å². The van der Waals surface area contributed by atoms with Crippen molar-refractivity contribution in [3.63, 3.8) is 0 Å². The third kappa shape index (κ3) is 3.23. The predicted molar refractivity (Wildman–Crippen MR) is 80.8 cm³/mol. The van der Waals surface area contributed by atoms with Crippen LogP contribution in [0.25, 0.3) is 0 Å². The molecular weight excluding hydrogens is 371 g/mol. The lowest BCUT2D eigenvalue weighted by Crippen LogP contribution is -2.15. The van der Waals surface area contributed by atoms with Gasteiger partial charge >= 0.3 is 0 Å². The molecular formula is C12H9BrClFN2O2S. The molecule has 8 heteroatoms. The van der Waals surface area contributed by atoms with Crippen LogP contribution in [0.3, 0.4) is 0 Å². The van der Waals surface area contributed by atoms with Crippen LogP contribution in [0.2, 0.25) is 5.02 Å². The molecule has 0 radical (unpaired) electrons. The monoisotopic (exact) mass is 378 g/mol. The molecule has 0 aliphatic carbocycles. The van der Waals surface area contributed by atoms with Crippen LogP contribution in [0, 0.1) is 5.82 Å². The second-order valence-corrected chi connectivity index (χ2v) is 6.89. The molecule has 0 heterocycles. The number of sulfonamides is 1. The quantitative estimate of drug-likeness (QED) is 0.800. The van der Waals surface area contributed by atoms with Gasteiger partial charge in [0.2, 0.25) is 0 Å². The van der Waals surface area contributed by atoms with E-state index in [4.69, 9.17) is 17.3 Å². The Morgan fingerprint density at radius 3 is 2.55 bits per heavy atom. The molecule has 2 rings (SSSR count). The Balaban J connectivity index is 2.43. The minimum absolute atomic E-state index is 0.0917. The van der Waals surface area contributed by atoms with Gasteiger partial charge in [0.1, 0.15) is 10.7 Å². The van der Waals surface area contributed by atoms with Gasteiger partial charge in [0.15, 0.2) is 0 Å². The average Bonchev–Trinajstić information content (AvgIpc) is 2.33. The first kappa shape index (κ1) is 15.1. The number of anilines is 2. The molecule has 0 aliphatic rings. The normalized spacial score (nSPS) is 11.3. The fraction of sp³-hybridized carbons (Fsp3) is 0. The molecule has 106 valence electrons. The number of nitrogens with one attached hydrogen (secondary N) is 1. The molecule has 0 fully saturated rings.